The van der Waals surface area contributed by atoms with Gasteiger partial charge in [-0.25, -0.2) is 0 Å². The van der Waals surface area contributed by atoms with Crippen molar-refractivity contribution >= 4 is 11.7 Å². The van der Waals surface area contributed by atoms with Crippen LogP contribution in [0.25, 0.3) is 11.3 Å². The zero-order valence-corrected chi connectivity index (χ0v) is 16.4. The molecule has 1 saturated heterocycles. The van der Waals surface area contributed by atoms with E-state index in [0.717, 1.165) is 56.0 Å². The first-order valence-corrected chi connectivity index (χ1v) is 10.1. The van der Waals surface area contributed by atoms with Crippen molar-refractivity contribution in [3.63, 3.8) is 0 Å². The Kier molecular flexibility index (Phi) is 6.80. The van der Waals surface area contributed by atoms with E-state index < -0.39 is 0 Å². The molecular weight excluding hydrogens is 336 g/mol. The Labute approximate surface area is 162 Å². The van der Waals surface area contributed by atoms with Crippen LogP contribution in [-0.2, 0) is 4.79 Å². The van der Waals surface area contributed by atoms with Gasteiger partial charge >= 0.3 is 0 Å². The number of aromatic nitrogens is 2. The molecule has 2 heterocycles. The summed E-state index contributed by atoms with van der Waals surface area (Å²) in [7, 11) is 0. The second-order valence-corrected chi connectivity index (χ2v) is 7.43. The van der Waals surface area contributed by atoms with Crippen LogP contribution in [0.2, 0.25) is 0 Å². The van der Waals surface area contributed by atoms with Gasteiger partial charge in [0.15, 0.2) is 5.82 Å². The maximum atomic E-state index is 12.4. The molecule has 1 aliphatic rings. The summed E-state index contributed by atoms with van der Waals surface area (Å²) in [4.78, 5) is 14.6. The Bertz CT molecular complexity index is 727. The fourth-order valence-electron chi connectivity index (χ4n) is 3.50. The SMILES string of the molecule is CCCCCNC(=O)C1CCCN(c2ccc(-c3ccc(C)cc3)nn2)C1. The molecular formula is C22H30N4O. The minimum absolute atomic E-state index is 0.0407. The molecule has 0 saturated carbocycles. The molecule has 1 N–H and O–H groups in total. The van der Waals surface area contributed by atoms with E-state index in [-0.39, 0.29) is 11.8 Å². The number of carbonyl (C=O) groups is 1. The number of rotatable bonds is 7. The fourth-order valence-corrected chi connectivity index (χ4v) is 3.50. The van der Waals surface area contributed by atoms with Crippen molar-refractivity contribution in [2.24, 2.45) is 5.92 Å². The van der Waals surface area contributed by atoms with Crippen LogP contribution in [0, 0.1) is 12.8 Å². The van der Waals surface area contributed by atoms with Crippen LogP contribution in [0.5, 0.6) is 0 Å². The van der Waals surface area contributed by atoms with Crippen molar-refractivity contribution in [2.45, 2.75) is 46.0 Å². The molecule has 0 bridgehead atoms. The summed E-state index contributed by atoms with van der Waals surface area (Å²) >= 11 is 0. The number of carbonyl (C=O) groups excluding carboxylic acids is 1. The lowest BCUT2D eigenvalue weighted by Gasteiger charge is -2.32. The minimum Gasteiger partial charge on any atom is -0.356 e. The Balaban J connectivity index is 1.59. The molecule has 27 heavy (non-hydrogen) atoms. The summed E-state index contributed by atoms with van der Waals surface area (Å²) in [6.07, 6.45) is 5.36. The monoisotopic (exact) mass is 366 g/mol. The lowest BCUT2D eigenvalue weighted by molar-refractivity contribution is -0.125. The molecule has 5 heteroatoms. The van der Waals surface area contributed by atoms with Gasteiger partial charge in [0.25, 0.3) is 0 Å². The van der Waals surface area contributed by atoms with Gasteiger partial charge < -0.3 is 10.2 Å². The van der Waals surface area contributed by atoms with Crippen LogP contribution < -0.4 is 10.2 Å². The van der Waals surface area contributed by atoms with Crippen LogP contribution >= 0.6 is 0 Å². The molecule has 0 spiro atoms. The highest BCUT2D eigenvalue weighted by molar-refractivity contribution is 5.79. The number of benzene rings is 1. The molecule has 2 aromatic rings. The largest absolute Gasteiger partial charge is 0.356 e. The van der Waals surface area contributed by atoms with E-state index in [2.05, 4.69) is 58.5 Å². The third-order valence-electron chi connectivity index (χ3n) is 5.19. The normalized spacial score (nSPS) is 17.0. The molecule has 1 aromatic heterocycles. The number of hydrogen-bond acceptors (Lipinski definition) is 4. The van der Waals surface area contributed by atoms with Crippen molar-refractivity contribution in [1.29, 1.82) is 0 Å². The lowest BCUT2D eigenvalue weighted by Crippen LogP contribution is -2.43. The summed E-state index contributed by atoms with van der Waals surface area (Å²) in [6, 6.07) is 12.3. The van der Waals surface area contributed by atoms with Gasteiger partial charge in [0.05, 0.1) is 11.6 Å². The van der Waals surface area contributed by atoms with Gasteiger partial charge in [-0.3, -0.25) is 4.79 Å². The minimum atomic E-state index is 0.0407. The zero-order valence-electron chi connectivity index (χ0n) is 16.4. The number of amides is 1. The molecule has 0 radical (unpaired) electrons. The number of anilines is 1. The number of unbranched alkanes of at least 4 members (excludes halogenated alkanes) is 2. The first-order chi connectivity index (χ1) is 13.2. The highest BCUT2D eigenvalue weighted by atomic mass is 16.1. The maximum absolute atomic E-state index is 12.4. The maximum Gasteiger partial charge on any atom is 0.224 e. The van der Waals surface area contributed by atoms with Crippen LogP contribution in [0.3, 0.4) is 0 Å². The summed E-state index contributed by atoms with van der Waals surface area (Å²) in [5, 5.41) is 11.9. The Morgan fingerprint density at radius 3 is 2.67 bits per heavy atom. The lowest BCUT2D eigenvalue weighted by atomic mass is 9.97. The fraction of sp³-hybridized carbons (Fsp3) is 0.500. The van der Waals surface area contributed by atoms with Crippen molar-refractivity contribution in [3.05, 3.63) is 42.0 Å². The van der Waals surface area contributed by atoms with E-state index in [4.69, 9.17) is 0 Å². The standard InChI is InChI=1S/C22H30N4O/c1-3-4-5-14-23-22(27)19-7-6-15-26(16-19)21-13-12-20(24-25-21)18-10-8-17(2)9-11-18/h8-13,19H,3-7,14-16H2,1-2H3,(H,23,27). The van der Waals surface area contributed by atoms with Crippen molar-refractivity contribution in [2.75, 3.05) is 24.5 Å². The number of hydrogen-bond donors (Lipinski definition) is 1. The van der Waals surface area contributed by atoms with E-state index in [0.29, 0.717) is 0 Å². The van der Waals surface area contributed by atoms with Gasteiger partial charge in [-0.15, -0.1) is 10.2 Å². The topological polar surface area (TPSA) is 58.1 Å². The quantitative estimate of drug-likeness (QED) is 0.753. The third-order valence-corrected chi connectivity index (χ3v) is 5.19. The first-order valence-electron chi connectivity index (χ1n) is 10.1. The predicted molar refractivity (Wildman–Crippen MR) is 110 cm³/mol. The molecule has 144 valence electrons. The molecule has 1 unspecified atom stereocenters. The molecule has 3 rings (SSSR count). The number of nitrogens with zero attached hydrogens (tertiary/aromatic N) is 3. The molecule has 1 fully saturated rings. The molecule has 1 aromatic carbocycles. The van der Waals surface area contributed by atoms with Crippen LogP contribution in [0.15, 0.2) is 36.4 Å². The summed E-state index contributed by atoms with van der Waals surface area (Å²) in [6.45, 7) is 6.68. The highest BCUT2D eigenvalue weighted by Gasteiger charge is 2.26. The second-order valence-electron chi connectivity index (χ2n) is 7.43. The van der Waals surface area contributed by atoms with Gasteiger partial charge in [-0.05, 0) is 38.3 Å². The van der Waals surface area contributed by atoms with Gasteiger partial charge in [-0.1, -0.05) is 49.6 Å². The van der Waals surface area contributed by atoms with E-state index in [1.54, 1.807) is 0 Å². The predicted octanol–water partition coefficient (Wildman–Crippen LogP) is 3.97. The Morgan fingerprint density at radius 1 is 1.15 bits per heavy atom. The van der Waals surface area contributed by atoms with Gasteiger partial charge in [0.2, 0.25) is 5.91 Å². The number of aryl methyl sites for hydroxylation is 1. The molecule has 1 atom stereocenters. The molecule has 0 aliphatic carbocycles. The molecule has 5 nitrogen and oxygen atoms in total. The van der Waals surface area contributed by atoms with Crippen molar-refractivity contribution in [1.82, 2.24) is 15.5 Å². The van der Waals surface area contributed by atoms with E-state index in [1.165, 1.54) is 18.4 Å². The summed E-state index contributed by atoms with van der Waals surface area (Å²) in [5.74, 6) is 1.08. The summed E-state index contributed by atoms with van der Waals surface area (Å²) in [5.41, 5.74) is 3.18. The van der Waals surface area contributed by atoms with Crippen LogP contribution in [0.4, 0.5) is 5.82 Å². The van der Waals surface area contributed by atoms with Gasteiger partial charge in [-0.2, -0.15) is 0 Å². The van der Waals surface area contributed by atoms with E-state index in [9.17, 15) is 4.79 Å². The Morgan fingerprint density at radius 2 is 1.96 bits per heavy atom. The average molecular weight is 367 g/mol. The van der Waals surface area contributed by atoms with Crippen LogP contribution in [-0.4, -0.2) is 35.7 Å². The van der Waals surface area contributed by atoms with Crippen molar-refractivity contribution in [3.8, 4) is 11.3 Å². The van der Waals surface area contributed by atoms with Gasteiger partial charge in [0.1, 0.15) is 0 Å². The zero-order chi connectivity index (χ0) is 19.1. The number of piperidine rings is 1. The highest BCUT2D eigenvalue weighted by Crippen LogP contribution is 2.23. The van der Waals surface area contributed by atoms with Crippen LogP contribution in [0.1, 0.15) is 44.6 Å². The van der Waals surface area contributed by atoms with E-state index in [1.807, 2.05) is 12.1 Å². The second kappa shape index (κ2) is 9.49. The Hall–Kier alpha value is -2.43. The average Bonchev–Trinajstić information content (AvgIpc) is 2.72. The molecule has 1 amide bonds. The van der Waals surface area contributed by atoms with Crippen molar-refractivity contribution < 1.29 is 4.79 Å². The summed E-state index contributed by atoms with van der Waals surface area (Å²) < 4.78 is 0. The third kappa shape index (κ3) is 5.28. The van der Waals surface area contributed by atoms with Gasteiger partial charge in [0, 0.05) is 25.2 Å². The number of nitrogens with one attached hydrogen (secondary N) is 1. The molecule has 1 aliphatic heterocycles. The smallest absolute Gasteiger partial charge is 0.224 e. The van der Waals surface area contributed by atoms with E-state index >= 15 is 0 Å². The first kappa shape index (κ1) is 19.3.